The molecule has 0 saturated carbocycles. The van der Waals surface area contributed by atoms with Gasteiger partial charge >= 0.3 is 0 Å². The molecule has 0 saturated heterocycles. The summed E-state index contributed by atoms with van der Waals surface area (Å²) < 4.78 is 7.02. The lowest BCUT2D eigenvalue weighted by atomic mass is 10.1. The Bertz CT molecular complexity index is 1350. The van der Waals surface area contributed by atoms with Crippen molar-refractivity contribution >= 4 is 56.5 Å². The molecule has 1 N–H and O–H groups in total. The number of halogens is 1. The van der Waals surface area contributed by atoms with Crippen LogP contribution in [-0.2, 0) is 11.3 Å². The van der Waals surface area contributed by atoms with Crippen molar-refractivity contribution in [2.45, 2.75) is 39.4 Å². The fraction of sp³-hybridized carbons (Fsp3) is 0.261. The zero-order valence-corrected chi connectivity index (χ0v) is 20.5. The molecule has 166 valence electrons. The van der Waals surface area contributed by atoms with Gasteiger partial charge in [-0.25, -0.2) is 4.98 Å². The molecule has 0 spiro atoms. The summed E-state index contributed by atoms with van der Waals surface area (Å²) in [6.07, 6.45) is 1.57. The summed E-state index contributed by atoms with van der Waals surface area (Å²) in [5.74, 6) is 0.510. The highest BCUT2D eigenvalue weighted by molar-refractivity contribution is 7.99. The van der Waals surface area contributed by atoms with Gasteiger partial charge in [-0.05, 0) is 62.6 Å². The van der Waals surface area contributed by atoms with E-state index in [9.17, 15) is 9.59 Å². The van der Waals surface area contributed by atoms with Crippen LogP contribution in [0.4, 0.5) is 5.69 Å². The van der Waals surface area contributed by atoms with E-state index < -0.39 is 0 Å². The number of thiophene rings is 1. The number of benzene rings is 1. The number of amides is 1. The summed E-state index contributed by atoms with van der Waals surface area (Å²) >= 11 is 9.02. The highest BCUT2D eigenvalue weighted by atomic mass is 35.5. The minimum atomic E-state index is -0.221. The molecule has 0 aliphatic carbocycles. The first kappa shape index (κ1) is 22.6. The molecular formula is C23H22ClN3O3S2. The van der Waals surface area contributed by atoms with E-state index in [1.165, 1.54) is 23.1 Å². The van der Waals surface area contributed by atoms with Gasteiger partial charge < -0.3 is 9.73 Å². The number of nitrogens with one attached hydrogen (secondary N) is 1. The van der Waals surface area contributed by atoms with Crippen LogP contribution in [0.25, 0.3) is 10.2 Å². The predicted octanol–water partition coefficient (Wildman–Crippen LogP) is 5.72. The molecule has 0 bridgehead atoms. The number of rotatable bonds is 6. The molecule has 0 aliphatic rings. The lowest BCUT2D eigenvalue weighted by molar-refractivity contribution is -0.113. The lowest BCUT2D eigenvalue weighted by Gasteiger charge is -2.13. The number of aryl methyl sites for hydroxylation is 4. The Kier molecular flexibility index (Phi) is 6.46. The van der Waals surface area contributed by atoms with Crippen molar-refractivity contribution in [1.82, 2.24) is 9.55 Å². The number of aromatic nitrogens is 2. The predicted molar refractivity (Wildman–Crippen MR) is 131 cm³/mol. The van der Waals surface area contributed by atoms with Crippen molar-refractivity contribution in [2.24, 2.45) is 0 Å². The molecule has 4 aromatic rings. The third-order valence-electron chi connectivity index (χ3n) is 5.18. The summed E-state index contributed by atoms with van der Waals surface area (Å²) in [5.41, 5.74) is 3.33. The standard InChI is InChI=1S/C23H22ClN3O3S2/c1-12-8-13(2)20(17(24)9-12)25-18(28)11-31-23-26-21-19(14(3)15(4)32-21)22(29)27(23)10-16-6-5-7-30-16/h5-9H,10-11H2,1-4H3,(H,25,28). The van der Waals surface area contributed by atoms with Crippen LogP contribution < -0.4 is 10.9 Å². The Hall–Kier alpha value is -2.55. The second-order valence-electron chi connectivity index (χ2n) is 7.60. The molecular weight excluding hydrogens is 466 g/mol. The normalized spacial score (nSPS) is 11.3. The topological polar surface area (TPSA) is 77.1 Å². The number of nitrogens with zero attached hydrogens (tertiary/aromatic N) is 2. The monoisotopic (exact) mass is 487 g/mol. The van der Waals surface area contributed by atoms with Crippen LogP contribution in [0.5, 0.6) is 0 Å². The van der Waals surface area contributed by atoms with E-state index in [0.29, 0.717) is 31.8 Å². The summed E-state index contributed by atoms with van der Waals surface area (Å²) in [4.78, 5) is 32.5. The molecule has 1 amide bonds. The Morgan fingerprint density at radius 2 is 2.06 bits per heavy atom. The summed E-state index contributed by atoms with van der Waals surface area (Å²) in [6, 6.07) is 7.37. The van der Waals surface area contributed by atoms with Crippen LogP contribution in [0.15, 0.2) is 44.9 Å². The number of fused-ring (bicyclic) bond motifs is 1. The maximum absolute atomic E-state index is 13.3. The molecule has 6 nitrogen and oxygen atoms in total. The summed E-state index contributed by atoms with van der Waals surface area (Å²) in [5, 5.41) is 4.48. The van der Waals surface area contributed by atoms with Gasteiger partial charge in [-0.2, -0.15) is 0 Å². The smallest absolute Gasteiger partial charge is 0.263 e. The maximum atomic E-state index is 13.3. The van der Waals surface area contributed by atoms with E-state index in [0.717, 1.165) is 21.6 Å². The van der Waals surface area contributed by atoms with E-state index in [1.54, 1.807) is 16.9 Å². The summed E-state index contributed by atoms with van der Waals surface area (Å²) in [6.45, 7) is 8.01. The van der Waals surface area contributed by atoms with Crippen molar-refractivity contribution in [1.29, 1.82) is 0 Å². The largest absolute Gasteiger partial charge is 0.467 e. The van der Waals surface area contributed by atoms with Gasteiger partial charge in [0, 0.05) is 4.88 Å². The highest BCUT2D eigenvalue weighted by Gasteiger charge is 2.19. The molecule has 0 radical (unpaired) electrons. The second kappa shape index (κ2) is 9.13. The van der Waals surface area contributed by atoms with E-state index in [4.69, 9.17) is 21.0 Å². The van der Waals surface area contributed by atoms with Gasteiger partial charge in [0.25, 0.3) is 5.56 Å². The van der Waals surface area contributed by atoms with Gasteiger partial charge in [-0.3, -0.25) is 14.2 Å². The van der Waals surface area contributed by atoms with Crippen LogP contribution in [0.2, 0.25) is 5.02 Å². The molecule has 0 fully saturated rings. The van der Waals surface area contributed by atoms with Gasteiger partial charge in [0.15, 0.2) is 5.16 Å². The number of carbonyl (C=O) groups excluding carboxylic acids is 1. The van der Waals surface area contributed by atoms with Crippen LogP contribution in [-0.4, -0.2) is 21.2 Å². The van der Waals surface area contributed by atoms with Crippen molar-refractivity contribution in [2.75, 3.05) is 11.1 Å². The quantitative estimate of drug-likeness (QED) is 0.278. The SMILES string of the molecule is Cc1cc(C)c(NC(=O)CSc2nc3sc(C)c(C)c3c(=O)n2Cc2ccco2)c(Cl)c1. The van der Waals surface area contributed by atoms with Crippen molar-refractivity contribution in [3.63, 3.8) is 0 Å². The zero-order valence-electron chi connectivity index (χ0n) is 18.1. The van der Waals surface area contributed by atoms with Crippen LogP contribution in [0.3, 0.4) is 0 Å². The fourth-order valence-corrected chi connectivity index (χ4v) is 5.73. The van der Waals surface area contributed by atoms with Gasteiger partial charge in [0.2, 0.25) is 5.91 Å². The minimum Gasteiger partial charge on any atom is -0.467 e. The molecule has 0 unspecified atom stereocenters. The molecule has 1 aromatic carbocycles. The number of carbonyl (C=O) groups is 1. The van der Waals surface area contributed by atoms with Crippen LogP contribution in [0.1, 0.15) is 27.3 Å². The Morgan fingerprint density at radius 3 is 2.75 bits per heavy atom. The molecule has 3 heterocycles. The lowest BCUT2D eigenvalue weighted by Crippen LogP contribution is -2.24. The zero-order chi connectivity index (χ0) is 23.0. The van der Waals surface area contributed by atoms with Gasteiger partial charge in [0.1, 0.15) is 10.6 Å². The Balaban J connectivity index is 1.63. The molecule has 0 atom stereocenters. The molecule has 0 aliphatic heterocycles. The van der Waals surface area contributed by atoms with Crippen LogP contribution in [0, 0.1) is 27.7 Å². The van der Waals surface area contributed by atoms with Crippen molar-refractivity contribution < 1.29 is 9.21 Å². The Morgan fingerprint density at radius 1 is 1.28 bits per heavy atom. The third-order valence-corrected chi connectivity index (χ3v) is 7.55. The van der Waals surface area contributed by atoms with E-state index >= 15 is 0 Å². The first-order valence-corrected chi connectivity index (χ1v) is 12.1. The molecule has 9 heteroatoms. The molecule has 32 heavy (non-hydrogen) atoms. The third kappa shape index (κ3) is 4.48. The van der Waals surface area contributed by atoms with E-state index in [-0.39, 0.29) is 23.8 Å². The number of furan rings is 1. The second-order valence-corrected chi connectivity index (χ2v) is 10.2. The van der Waals surface area contributed by atoms with Gasteiger partial charge in [-0.1, -0.05) is 29.4 Å². The van der Waals surface area contributed by atoms with E-state index in [1.807, 2.05) is 45.9 Å². The average Bonchev–Trinajstić information content (AvgIpc) is 3.33. The highest BCUT2D eigenvalue weighted by Crippen LogP contribution is 2.30. The fourth-order valence-electron chi connectivity index (χ4n) is 3.50. The molecule has 3 aromatic heterocycles. The minimum absolute atomic E-state index is 0.0864. The van der Waals surface area contributed by atoms with Crippen molar-refractivity contribution in [3.05, 3.63) is 73.2 Å². The number of hydrogen-bond acceptors (Lipinski definition) is 6. The average molecular weight is 488 g/mol. The van der Waals surface area contributed by atoms with Gasteiger partial charge in [0.05, 0.1) is 34.7 Å². The molecule has 4 rings (SSSR count). The maximum Gasteiger partial charge on any atom is 0.263 e. The van der Waals surface area contributed by atoms with Gasteiger partial charge in [-0.15, -0.1) is 11.3 Å². The first-order valence-electron chi connectivity index (χ1n) is 9.97. The Labute approximate surface area is 198 Å². The van der Waals surface area contributed by atoms with Crippen LogP contribution >= 0.6 is 34.7 Å². The summed E-state index contributed by atoms with van der Waals surface area (Å²) in [7, 11) is 0. The number of hydrogen-bond donors (Lipinski definition) is 1. The van der Waals surface area contributed by atoms with Crippen molar-refractivity contribution in [3.8, 4) is 0 Å². The first-order chi connectivity index (χ1) is 15.2. The number of anilines is 1. The number of thioether (sulfide) groups is 1. The van der Waals surface area contributed by atoms with E-state index in [2.05, 4.69) is 5.32 Å².